The molecule has 0 saturated heterocycles. The summed E-state index contributed by atoms with van der Waals surface area (Å²) >= 11 is 0. The lowest BCUT2D eigenvalue weighted by Crippen LogP contribution is -2.40. The zero-order chi connectivity index (χ0) is 16.5. The van der Waals surface area contributed by atoms with Gasteiger partial charge in [-0.05, 0) is 18.2 Å². The van der Waals surface area contributed by atoms with Crippen molar-refractivity contribution >= 4 is 10.0 Å². The normalized spacial score (nSPS) is 15.0. The number of nitrogens with one attached hydrogen (secondary N) is 1. The Bertz CT molecular complexity index is 596. The highest BCUT2D eigenvalue weighted by Crippen LogP contribution is 2.30. The quantitative estimate of drug-likeness (QED) is 0.825. The summed E-state index contributed by atoms with van der Waals surface area (Å²) in [5.74, 6) is 0. The first-order valence-corrected chi connectivity index (χ1v) is 6.74. The molecule has 0 amide bonds. The lowest BCUT2D eigenvalue weighted by molar-refractivity contribution is -0.200. The lowest BCUT2D eigenvalue weighted by Gasteiger charge is -2.15. The van der Waals surface area contributed by atoms with Gasteiger partial charge in [-0.15, -0.1) is 0 Å². The van der Waals surface area contributed by atoms with E-state index in [1.165, 1.54) is 4.72 Å². The van der Waals surface area contributed by atoms with Crippen molar-refractivity contribution in [2.45, 2.75) is 23.4 Å². The first kappa shape index (κ1) is 17.7. The van der Waals surface area contributed by atoms with Crippen molar-refractivity contribution in [2.24, 2.45) is 0 Å². The fourth-order valence-electron chi connectivity index (χ4n) is 1.23. The van der Waals surface area contributed by atoms with Crippen LogP contribution < -0.4 is 4.72 Å². The van der Waals surface area contributed by atoms with E-state index < -0.39 is 45.5 Å². The molecule has 11 heteroatoms. The van der Waals surface area contributed by atoms with Crippen LogP contribution in [0, 0.1) is 0 Å². The molecule has 2 N–H and O–H groups in total. The maximum Gasteiger partial charge on any atom is 0.416 e. The Balaban J connectivity index is 2.94. The third-order valence-electron chi connectivity index (χ3n) is 2.32. The summed E-state index contributed by atoms with van der Waals surface area (Å²) in [5.41, 5.74) is -1.26. The molecule has 0 fully saturated rings. The van der Waals surface area contributed by atoms with Crippen molar-refractivity contribution in [1.29, 1.82) is 0 Å². The van der Waals surface area contributed by atoms with E-state index >= 15 is 0 Å². The Morgan fingerprint density at radius 3 is 2.19 bits per heavy atom. The van der Waals surface area contributed by atoms with Gasteiger partial charge in [0.05, 0.1) is 10.5 Å². The van der Waals surface area contributed by atoms with Gasteiger partial charge in [0.1, 0.15) is 0 Å². The maximum atomic E-state index is 12.4. The summed E-state index contributed by atoms with van der Waals surface area (Å²) in [6.45, 7) is -1.40. The first-order chi connectivity index (χ1) is 9.34. The molecule has 21 heavy (non-hydrogen) atoms. The fourth-order valence-corrected chi connectivity index (χ4v) is 2.31. The molecule has 0 heterocycles. The van der Waals surface area contributed by atoms with Crippen LogP contribution in [0.2, 0.25) is 0 Å². The van der Waals surface area contributed by atoms with Crippen LogP contribution in [0.3, 0.4) is 0 Å². The molecule has 1 aromatic carbocycles. The molecule has 0 aliphatic heterocycles. The number of aliphatic hydroxyl groups is 1. The molecule has 1 aromatic rings. The van der Waals surface area contributed by atoms with E-state index in [9.17, 15) is 34.8 Å². The Kier molecular flexibility index (Phi) is 4.90. The van der Waals surface area contributed by atoms with Gasteiger partial charge in [0.25, 0.3) is 0 Å². The van der Waals surface area contributed by atoms with Crippen molar-refractivity contribution in [2.75, 3.05) is 6.54 Å². The van der Waals surface area contributed by atoms with E-state index in [2.05, 4.69) is 0 Å². The number of hydrogen-bond donors (Lipinski definition) is 2. The van der Waals surface area contributed by atoms with Crippen LogP contribution in [0.15, 0.2) is 29.2 Å². The van der Waals surface area contributed by atoms with Gasteiger partial charge in [-0.2, -0.15) is 26.3 Å². The lowest BCUT2D eigenvalue weighted by atomic mass is 10.2. The van der Waals surface area contributed by atoms with Crippen molar-refractivity contribution in [3.8, 4) is 0 Å². The van der Waals surface area contributed by atoms with Gasteiger partial charge in [0.2, 0.25) is 10.0 Å². The molecule has 120 valence electrons. The predicted molar refractivity (Wildman–Crippen MR) is 58.7 cm³/mol. The molecule has 1 atom stereocenters. The monoisotopic (exact) mass is 337 g/mol. The standard InChI is InChI=1S/C10H9F6NO3S/c11-9(12,13)6-2-1-3-7(4-6)21(19,20)17-5-8(18)10(14,15)16/h1-4,8,17-18H,5H2. The SMILES string of the molecule is O=S(=O)(NCC(O)C(F)(F)F)c1cccc(C(F)(F)F)c1. The van der Waals surface area contributed by atoms with E-state index in [4.69, 9.17) is 5.11 Å². The van der Waals surface area contributed by atoms with Crippen molar-refractivity contribution < 1.29 is 39.9 Å². The van der Waals surface area contributed by atoms with Crippen LogP contribution >= 0.6 is 0 Å². The van der Waals surface area contributed by atoms with Gasteiger partial charge in [-0.25, -0.2) is 13.1 Å². The number of aliphatic hydroxyl groups excluding tert-OH is 1. The summed E-state index contributed by atoms with van der Waals surface area (Å²) in [5, 5.41) is 8.65. The minimum atomic E-state index is -5.05. The second-order valence-electron chi connectivity index (χ2n) is 3.93. The zero-order valence-electron chi connectivity index (χ0n) is 10.0. The second-order valence-corrected chi connectivity index (χ2v) is 5.70. The van der Waals surface area contributed by atoms with E-state index in [0.717, 1.165) is 12.1 Å². The van der Waals surface area contributed by atoms with E-state index in [-0.39, 0.29) is 6.07 Å². The zero-order valence-corrected chi connectivity index (χ0v) is 10.9. The number of rotatable bonds is 4. The molecule has 0 radical (unpaired) electrons. The van der Waals surface area contributed by atoms with Crippen LogP contribution in [-0.4, -0.2) is 32.3 Å². The van der Waals surface area contributed by atoms with Crippen molar-refractivity contribution in [1.82, 2.24) is 4.72 Å². The summed E-state index contributed by atoms with van der Waals surface area (Å²) in [6, 6.07) is 2.49. The first-order valence-electron chi connectivity index (χ1n) is 5.26. The van der Waals surface area contributed by atoms with Crippen LogP contribution in [0.4, 0.5) is 26.3 Å². The molecule has 0 aliphatic carbocycles. The van der Waals surface area contributed by atoms with Crippen LogP contribution in [-0.2, 0) is 16.2 Å². The summed E-state index contributed by atoms with van der Waals surface area (Å²) in [7, 11) is -4.61. The molecule has 1 unspecified atom stereocenters. The van der Waals surface area contributed by atoms with E-state index in [1.807, 2.05) is 0 Å². The second kappa shape index (κ2) is 5.81. The smallest absolute Gasteiger partial charge is 0.382 e. The fraction of sp³-hybridized carbons (Fsp3) is 0.400. The molecule has 1 rings (SSSR count). The molecule has 4 nitrogen and oxygen atoms in total. The third kappa shape index (κ3) is 4.86. The van der Waals surface area contributed by atoms with Gasteiger partial charge < -0.3 is 5.11 Å². The number of benzene rings is 1. The minimum absolute atomic E-state index is 0.280. The van der Waals surface area contributed by atoms with E-state index in [0.29, 0.717) is 6.07 Å². The molecule has 0 aromatic heterocycles. The van der Waals surface area contributed by atoms with Gasteiger partial charge >= 0.3 is 12.4 Å². The van der Waals surface area contributed by atoms with Crippen LogP contribution in [0.1, 0.15) is 5.56 Å². The van der Waals surface area contributed by atoms with Crippen molar-refractivity contribution in [3.63, 3.8) is 0 Å². The number of alkyl halides is 6. The van der Waals surface area contributed by atoms with Gasteiger partial charge in [0, 0.05) is 6.54 Å². The largest absolute Gasteiger partial charge is 0.416 e. The van der Waals surface area contributed by atoms with Gasteiger partial charge in [-0.3, -0.25) is 0 Å². The highest BCUT2D eigenvalue weighted by molar-refractivity contribution is 7.89. The number of hydrogen-bond acceptors (Lipinski definition) is 3. The van der Waals surface area contributed by atoms with Gasteiger partial charge in [-0.1, -0.05) is 6.07 Å². The molecular weight excluding hydrogens is 328 g/mol. The molecule has 0 spiro atoms. The minimum Gasteiger partial charge on any atom is -0.382 e. The van der Waals surface area contributed by atoms with Crippen LogP contribution in [0.5, 0.6) is 0 Å². The number of halogens is 6. The average Bonchev–Trinajstić information content (AvgIpc) is 2.34. The molecule has 0 saturated carbocycles. The van der Waals surface area contributed by atoms with Gasteiger partial charge in [0.15, 0.2) is 6.10 Å². The van der Waals surface area contributed by atoms with E-state index in [1.54, 1.807) is 0 Å². The third-order valence-corrected chi connectivity index (χ3v) is 3.74. The summed E-state index contributed by atoms with van der Waals surface area (Å²) in [4.78, 5) is -0.855. The average molecular weight is 337 g/mol. The molecule has 0 bridgehead atoms. The van der Waals surface area contributed by atoms with Crippen molar-refractivity contribution in [3.05, 3.63) is 29.8 Å². The Labute approximate surface area is 115 Å². The summed E-state index contributed by atoms with van der Waals surface area (Å²) < 4.78 is 97.9. The maximum absolute atomic E-state index is 12.4. The summed E-state index contributed by atoms with van der Waals surface area (Å²) in [6.07, 6.45) is -12.8. The Hall–Kier alpha value is -1.33. The van der Waals surface area contributed by atoms with Crippen LogP contribution in [0.25, 0.3) is 0 Å². The Morgan fingerprint density at radius 2 is 1.71 bits per heavy atom. The highest BCUT2D eigenvalue weighted by atomic mass is 32.2. The molecular formula is C10H9F6NO3S. The Morgan fingerprint density at radius 1 is 1.14 bits per heavy atom. The topological polar surface area (TPSA) is 66.4 Å². The predicted octanol–water partition coefficient (Wildman–Crippen LogP) is 1.91. The molecule has 0 aliphatic rings. The number of sulfonamides is 1. The highest BCUT2D eigenvalue weighted by Gasteiger charge is 2.39.